The summed E-state index contributed by atoms with van der Waals surface area (Å²) in [6, 6.07) is 4.76. The van der Waals surface area contributed by atoms with Crippen LogP contribution in [0.25, 0.3) is 0 Å². The Morgan fingerprint density at radius 3 is 2.55 bits per heavy atom. The average molecular weight is 300 g/mol. The lowest BCUT2D eigenvalue weighted by molar-refractivity contribution is -0.385. The highest BCUT2D eigenvalue weighted by Crippen LogP contribution is 2.28. The number of rotatable bonds is 10. The Morgan fingerprint density at radius 2 is 1.90 bits per heavy atom. The van der Waals surface area contributed by atoms with E-state index in [4.69, 9.17) is 16.3 Å². The first-order chi connectivity index (χ1) is 9.69. The lowest BCUT2D eigenvalue weighted by atomic mass is 10.1. The van der Waals surface area contributed by atoms with Crippen molar-refractivity contribution in [3.05, 3.63) is 33.9 Å². The fraction of sp³-hybridized carbons (Fsp3) is 0.600. The summed E-state index contributed by atoms with van der Waals surface area (Å²) in [6.07, 6.45) is 6.96. The van der Waals surface area contributed by atoms with Gasteiger partial charge in [0.1, 0.15) is 0 Å². The number of unbranched alkanes of at least 4 members (excludes halogenated alkanes) is 5. The van der Waals surface area contributed by atoms with E-state index in [2.05, 4.69) is 6.92 Å². The molecule has 1 aromatic carbocycles. The molecule has 1 rings (SSSR count). The van der Waals surface area contributed by atoms with Crippen molar-refractivity contribution in [2.45, 2.75) is 51.3 Å². The van der Waals surface area contributed by atoms with E-state index in [1.54, 1.807) is 12.1 Å². The van der Waals surface area contributed by atoms with Gasteiger partial charge in [-0.1, -0.05) is 45.1 Å². The molecule has 0 radical (unpaired) electrons. The summed E-state index contributed by atoms with van der Waals surface area (Å²) in [5.74, 6) is 0.646. The quantitative estimate of drug-likeness (QED) is 0.262. The van der Waals surface area contributed by atoms with Gasteiger partial charge in [-0.05, 0) is 18.1 Å². The summed E-state index contributed by atoms with van der Waals surface area (Å²) < 4.78 is 5.55. The van der Waals surface area contributed by atoms with Gasteiger partial charge in [0.25, 0.3) is 0 Å². The minimum absolute atomic E-state index is 0.00449. The van der Waals surface area contributed by atoms with Crippen LogP contribution in [0, 0.1) is 10.1 Å². The SMILES string of the molecule is CCCCCCCCOc1cc(CCl)ccc1[N+](=O)[O-]. The van der Waals surface area contributed by atoms with Crippen molar-refractivity contribution in [2.24, 2.45) is 0 Å². The van der Waals surface area contributed by atoms with Crippen molar-refractivity contribution in [3.63, 3.8) is 0 Å². The Hall–Kier alpha value is -1.29. The molecule has 1 aromatic rings. The van der Waals surface area contributed by atoms with Crippen LogP contribution >= 0.6 is 11.6 Å². The third-order valence-electron chi connectivity index (χ3n) is 3.13. The monoisotopic (exact) mass is 299 g/mol. The molecule has 4 nitrogen and oxygen atoms in total. The molecule has 0 heterocycles. The van der Waals surface area contributed by atoms with Crippen LogP contribution < -0.4 is 4.74 Å². The van der Waals surface area contributed by atoms with E-state index in [9.17, 15) is 10.1 Å². The highest BCUT2D eigenvalue weighted by molar-refractivity contribution is 6.17. The third-order valence-corrected chi connectivity index (χ3v) is 3.44. The maximum atomic E-state index is 10.9. The highest BCUT2D eigenvalue weighted by atomic mass is 35.5. The lowest BCUT2D eigenvalue weighted by Gasteiger charge is -2.08. The molecule has 0 saturated carbocycles. The number of benzene rings is 1. The molecule has 0 spiro atoms. The van der Waals surface area contributed by atoms with E-state index in [1.807, 2.05) is 0 Å². The summed E-state index contributed by atoms with van der Waals surface area (Å²) >= 11 is 5.74. The second kappa shape index (κ2) is 9.59. The van der Waals surface area contributed by atoms with E-state index in [1.165, 1.54) is 31.7 Å². The molecule has 0 bridgehead atoms. The summed E-state index contributed by atoms with van der Waals surface area (Å²) in [4.78, 5) is 10.5. The van der Waals surface area contributed by atoms with Crippen LogP contribution in [-0.2, 0) is 5.88 Å². The Labute approximate surface area is 125 Å². The number of hydrogen-bond acceptors (Lipinski definition) is 3. The predicted octanol–water partition coefficient (Wildman–Crippen LogP) is 5.07. The van der Waals surface area contributed by atoms with Crippen molar-refractivity contribution >= 4 is 17.3 Å². The molecule has 112 valence electrons. The maximum absolute atomic E-state index is 10.9. The van der Waals surface area contributed by atoms with Gasteiger partial charge in [-0.25, -0.2) is 0 Å². The largest absolute Gasteiger partial charge is 0.487 e. The normalized spacial score (nSPS) is 10.5. The standard InChI is InChI=1S/C15H22ClNO3/c1-2-3-4-5-6-7-10-20-15-11-13(12-16)8-9-14(15)17(18)19/h8-9,11H,2-7,10,12H2,1H3. The topological polar surface area (TPSA) is 52.4 Å². The second-order valence-electron chi connectivity index (χ2n) is 4.81. The van der Waals surface area contributed by atoms with E-state index >= 15 is 0 Å². The number of nitro groups is 1. The molecule has 5 heteroatoms. The van der Waals surface area contributed by atoms with Gasteiger partial charge in [0.2, 0.25) is 0 Å². The zero-order valence-corrected chi connectivity index (χ0v) is 12.7. The van der Waals surface area contributed by atoms with Crippen LogP contribution in [0.1, 0.15) is 51.0 Å². The van der Waals surface area contributed by atoms with Crippen molar-refractivity contribution in [3.8, 4) is 5.75 Å². The second-order valence-corrected chi connectivity index (χ2v) is 5.08. The molecule has 0 aliphatic carbocycles. The number of hydrogen-bond donors (Lipinski definition) is 0. The zero-order valence-electron chi connectivity index (χ0n) is 11.9. The first-order valence-corrected chi connectivity index (χ1v) is 7.68. The van der Waals surface area contributed by atoms with Gasteiger partial charge >= 0.3 is 5.69 Å². The molecule has 0 fully saturated rings. The number of alkyl halides is 1. The smallest absolute Gasteiger partial charge is 0.310 e. The van der Waals surface area contributed by atoms with Crippen LogP contribution in [0.5, 0.6) is 5.75 Å². The van der Waals surface area contributed by atoms with Crippen LogP contribution in [0.4, 0.5) is 5.69 Å². The molecule has 0 N–H and O–H groups in total. The van der Waals surface area contributed by atoms with Crippen molar-refractivity contribution < 1.29 is 9.66 Å². The number of nitro benzene ring substituents is 1. The van der Waals surface area contributed by atoms with Gasteiger partial charge in [0.15, 0.2) is 5.75 Å². The van der Waals surface area contributed by atoms with E-state index in [0.29, 0.717) is 18.2 Å². The molecule has 0 saturated heterocycles. The van der Waals surface area contributed by atoms with Crippen molar-refractivity contribution in [2.75, 3.05) is 6.61 Å². The molecule has 0 amide bonds. The van der Waals surface area contributed by atoms with E-state index in [-0.39, 0.29) is 5.69 Å². The first kappa shape index (κ1) is 16.8. The number of ether oxygens (including phenoxy) is 1. The van der Waals surface area contributed by atoms with Crippen LogP contribution in [-0.4, -0.2) is 11.5 Å². The Kier molecular flexibility index (Phi) is 8.04. The molecule has 20 heavy (non-hydrogen) atoms. The number of nitrogens with zero attached hydrogens (tertiary/aromatic N) is 1. The summed E-state index contributed by atoms with van der Waals surface area (Å²) in [5, 5.41) is 10.9. The van der Waals surface area contributed by atoms with Crippen molar-refractivity contribution in [1.29, 1.82) is 0 Å². The molecule has 0 aliphatic heterocycles. The summed E-state index contributed by atoms with van der Waals surface area (Å²) in [7, 11) is 0. The lowest BCUT2D eigenvalue weighted by Crippen LogP contribution is -2.01. The minimum Gasteiger partial charge on any atom is -0.487 e. The number of halogens is 1. The van der Waals surface area contributed by atoms with Gasteiger partial charge in [0.05, 0.1) is 11.5 Å². The first-order valence-electron chi connectivity index (χ1n) is 7.15. The van der Waals surface area contributed by atoms with Crippen molar-refractivity contribution in [1.82, 2.24) is 0 Å². The molecule has 0 aliphatic rings. The van der Waals surface area contributed by atoms with Gasteiger partial charge in [0, 0.05) is 11.9 Å². The average Bonchev–Trinajstić information content (AvgIpc) is 2.45. The summed E-state index contributed by atoms with van der Waals surface area (Å²) in [5.41, 5.74) is 0.833. The van der Waals surface area contributed by atoms with E-state index in [0.717, 1.165) is 18.4 Å². The minimum atomic E-state index is -0.422. The maximum Gasteiger partial charge on any atom is 0.310 e. The fourth-order valence-electron chi connectivity index (χ4n) is 1.97. The molecule has 0 atom stereocenters. The fourth-order valence-corrected chi connectivity index (χ4v) is 2.14. The molecule has 0 aromatic heterocycles. The van der Waals surface area contributed by atoms with Crippen LogP contribution in [0.2, 0.25) is 0 Å². The Bertz CT molecular complexity index is 424. The zero-order chi connectivity index (χ0) is 14.8. The van der Waals surface area contributed by atoms with E-state index < -0.39 is 4.92 Å². The molecular formula is C15H22ClNO3. The summed E-state index contributed by atoms with van der Waals surface area (Å²) in [6.45, 7) is 2.70. The van der Waals surface area contributed by atoms with Crippen LogP contribution in [0.3, 0.4) is 0 Å². The molecular weight excluding hydrogens is 278 g/mol. The Balaban J connectivity index is 2.43. The predicted molar refractivity (Wildman–Crippen MR) is 81.5 cm³/mol. The van der Waals surface area contributed by atoms with Gasteiger partial charge in [-0.2, -0.15) is 0 Å². The van der Waals surface area contributed by atoms with Gasteiger partial charge in [-0.15, -0.1) is 11.6 Å². The Morgan fingerprint density at radius 1 is 1.20 bits per heavy atom. The van der Waals surface area contributed by atoms with Crippen LogP contribution in [0.15, 0.2) is 18.2 Å². The molecule has 0 unspecified atom stereocenters. The highest BCUT2D eigenvalue weighted by Gasteiger charge is 2.15. The van der Waals surface area contributed by atoms with Gasteiger partial charge < -0.3 is 4.74 Å². The van der Waals surface area contributed by atoms with Gasteiger partial charge in [-0.3, -0.25) is 10.1 Å². The third kappa shape index (κ3) is 5.78.